The van der Waals surface area contributed by atoms with Gasteiger partial charge >= 0.3 is 0 Å². The highest BCUT2D eigenvalue weighted by molar-refractivity contribution is 7.11. The Morgan fingerprint density at radius 1 is 1.10 bits per heavy atom. The van der Waals surface area contributed by atoms with Gasteiger partial charge < -0.3 is 9.52 Å². The predicted molar refractivity (Wildman–Crippen MR) is 112 cm³/mol. The van der Waals surface area contributed by atoms with Gasteiger partial charge in [-0.2, -0.15) is 5.26 Å². The van der Waals surface area contributed by atoms with E-state index in [2.05, 4.69) is 4.98 Å². The summed E-state index contributed by atoms with van der Waals surface area (Å²) in [5, 5.41) is 22.8. The number of nitriles is 1. The topological polar surface area (TPSA) is 70.0 Å². The molecule has 142 valence electrons. The summed E-state index contributed by atoms with van der Waals surface area (Å²) < 4.78 is 18.8. The number of halogens is 2. The molecule has 0 amide bonds. The third kappa shape index (κ3) is 3.79. The second-order valence-electron chi connectivity index (χ2n) is 6.02. The molecule has 0 fully saturated rings. The van der Waals surface area contributed by atoms with Gasteiger partial charge in [0.2, 0.25) is 0 Å². The van der Waals surface area contributed by atoms with Gasteiger partial charge in [-0.05, 0) is 48.5 Å². The Morgan fingerprint density at radius 3 is 2.59 bits per heavy atom. The van der Waals surface area contributed by atoms with Crippen LogP contribution in [0.25, 0.3) is 33.9 Å². The molecule has 7 heteroatoms. The number of rotatable bonds is 4. The number of aliphatic hydroxyl groups excluding tert-OH is 1. The monoisotopic (exact) mass is 422 g/mol. The van der Waals surface area contributed by atoms with Gasteiger partial charge in [0.15, 0.2) is 11.5 Å². The molecule has 29 heavy (non-hydrogen) atoms. The largest absolute Gasteiger partial charge is 0.503 e. The van der Waals surface area contributed by atoms with Crippen molar-refractivity contribution in [1.29, 1.82) is 5.26 Å². The number of hydrogen-bond acceptors (Lipinski definition) is 5. The number of aliphatic hydroxyl groups is 1. The van der Waals surface area contributed by atoms with Crippen LogP contribution in [-0.4, -0.2) is 10.1 Å². The lowest BCUT2D eigenvalue weighted by Gasteiger charge is -2.01. The number of aromatic nitrogens is 1. The first-order valence-corrected chi connectivity index (χ1v) is 9.73. The highest BCUT2D eigenvalue weighted by Gasteiger charge is 2.18. The maximum absolute atomic E-state index is 13.1. The fourth-order valence-corrected chi connectivity index (χ4v) is 3.79. The maximum Gasteiger partial charge on any atom is 0.179 e. The van der Waals surface area contributed by atoms with Crippen molar-refractivity contribution in [3.05, 3.63) is 87.7 Å². The number of allylic oxidation sites excluding steroid dienone is 1. The number of nitrogens with zero attached hydrogens (tertiary/aromatic N) is 2. The molecule has 2 heterocycles. The molecule has 4 rings (SSSR count). The Bertz CT molecular complexity index is 1250. The van der Waals surface area contributed by atoms with E-state index in [0.29, 0.717) is 32.6 Å². The zero-order valence-electron chi connectivity index (χ0n) is 14.8. The van der Waals surface area contributed by atoms with Crippen LogP contribution in [0.2, 0.25) is 5.02 Å². The summed E-state index contributed by atoms with van der Waals surface area (Å²) in [5.74, 6) is -0.0482. The molecule has 0 unspecified atom stereocenters. The number of thiazole rings is 1. The molecule has 0 bridgehead atoms. The average Bonchev–Trinajstić information content (AvgIpc) is 3.40. The van der Waals surface area contributed by atoms with Crippen molar-refractivity contribution < 1.29 is 13.9 Å². The van der Waals surface area contributed by atoms with Crippen molar-refractivity contribution in [2.45, 2.75) is 0 Å². The highest BCUT2D eigenvalue weighted by atomic mass is 35.5. The SMILES string of the molecule is N#CC(=C(O)c1ccc(-c2ccccc2Cl)o1)c1nc(-c2ccc(F)cc2)cs1. The Balaban J connectivity index is 1.70. The molecule has 2 aromatic carbocycles. The molecule has 2 aromatic heterocycles. The molecule has 0 aliphatic heterocycles. The summed E-state index contributed by atoms with van der Waals surface area (Å²) in [6, 6.07) is 18.3. The first-order chi connectivity index (χ1) is 14.1. The Morgan fingerprint density at radius 2 is 1.86 bits per heavy atom. The van der Waals surface area contributed by atoms with E-state index in [0.717, 1.165) is 0 Å². The van der Waals surface area contributed by atoms with Gasteiger partial charge in [-0.1, -0.05) is 23.7 Å². The van der Waals surface area contributed by atoms with Gasteiger partial charge in [0.25, 0.3) is 0 Å². The van der Waals surface area contributed by atoms with Crippen molar-refractivity contribution in [1.82, 2.24) is 4.98 Å². The van der Waals surface area contributed by atoms with Crippen LogP contribution >= 0.6 is 22.9 Å². The molecule has 0 spiro atoms. The molecule has 1 N–H and O–H groups in total. The fraction of sp³-hybridized carbons (Fsp3) is 0. The minimum Gasteiger partial charge on any atom is -0.503 e. The van der Waals surface area contributed by atoms with Gasteiger partial charge in [-0.15, -0.1) is 11.3 Å². The summed E-state index contributed by atoms with van der Waals surface area (Å²) in [6.45, 7) is 0. The lowest BCUT2D eigenvalue weighted by Crippen LogP contribution is -1.89. The summed E-state index contributed by atoms with van der Waals surface area (Å²) in [4.78, 5) is 4.40. The molecule has 0 radical (unpaired) electrons. The van der Waals surface area contributed by atoms with Crippen LogP contribution < -0.4 is 0 Å². The van der Waals surface area contributed by atoms with Crippen LogP contribution in [0, 0.1) is 17.1 Å². The lowest BCUT2D eigenvalue weighted by atomic mass is 10.1. The molecule has 0 aliphatic rings. The molecule has 4 nitrogen and oxygen atoms in total. The normalized spacial score (nSPS) is 11.8. The van der Waals surface area contributed by atoms with Crippen LogP contribution in [-0.2, 0) is 0 Å². The second kappa shape index (κ2) is 7.92. The zero-order chi connectivity index (χ0) is 20.4. The van der Waals surface area contributed by atoms with Crippen LogP contribution in [0.3, 0.4) is 0 Å². The van der Waals surface area contributed by atoms with E-state index >= 15 is 0 Å². The van der Waals surface area contributed by atoms with E-state index in [1.54, 1.807) is 41.8 Å². The van der Waals surface area contributed by atoms with Crippen LogP contribution in [0.4, 0.5) is 4.39 Å². The minimum atomic E-state index is -0.341. The van der Waals surface area contributed by atoms with Crippen molar-refractivity contribution in [3.8, 4) is 28.7 Å². The van der Waals surface area contributed by atoms with Crippen LogP contribution in [0.1, 0.15) is 10.8 Å². The third-order valence-corrected chi connectivity index (χ3v) is 5.37. The van der Waals surface area contributed by atoms with Crippen LogP contribution in [0.5, 0.6) is 0 Å². The van der Waals surface area contributed by atoms with E-state index in [9.17, 15) is 14.8 Å². The summed E-state index contributed by atoms with van der Waals surface area (Å²) >= 11 is 7.39. The maximum atomic E-state index is 13.1. The van der Waals surface area contributed by atoms with Crippen molar-refractivity contribution in [3.63, 3.8) is 0 Å². The molecule has 0 saturated carbocycles. The Hall–Kier alpha value is -3.40. The van der Waals surface area contributed by atoms with Crippen molar-refractivity contribution in [2.75, 3.05) is 0 Å². The quantitative estimate of drug-likeness (QED) is 0.289. The number of hydrogen-bond donors (Lipinski definition) is 1. The van der Waals surface area contributed by atoms with Gasteiger partial charge in [-0.3, -0.25) is 0 Å². The zero-order valence-corrected chi connectivity index (χ0v) is 16.3. The van der Waals surface area contributed by atoms with Crippen molar-refractivity contribution >= 4 is 34.3 Å². The summed E-state index contributed by atoms with van der Waals surface area (Å²) in [5.41, 5.74) is 1.97. The molecular formula is C22H12ClFN2O2S. The third-order valence-electron chi connectivity index (χ3n) is 4.19. The van der Waals surface area contributed by atoms with Gasteiger partial charge in [-0.25, -0.2) is 9.37 Å². The molecule has 4 aromatic rings. The number of furan rings is 1. The first-order valence-electron chi connectivity index (χ1n) is 8.47. The molecule has 0 aliphatic carbocycles. The van der Waals surface area contributed by atoms with Gasteiger partial charge in [0.05, 0.1) is 10.7 Å². The highest BCUT2D eigenvalue weighted by Crippen LogP contribution is 2.34. The van der Waals surface area contributed by atoms with Crippen LogP contribution in [0.15, 0.2) is 70.5 Å². The van der Waals surface area contributed by atoms with E-state index in [4.69, 9.17) is 16.0 Å². The average molecular weight is 423 g/mol. The smallest absolute Gasteiger partial charge is 0.179 e. The molecule has 0 saturated heterocycles. The van der Waals surface area contributed by atoms with E-state index in [-0.39, 0.29) is 22.9 Å². The van der Waals surface area contributed by atoms with E-state index in [1.807, 2.05) is 18.2 Å². The lowest BCUT2D eigenvalue weighted by molar-refractivity contribution is 0.466. The van der Waals surface area contributed by atoms with Gasteiger partial charge in [0.1, 0.15) is 28.2 Å². The molecule has 0 atom stereocenters. The van der Waals surface area contributed by atoms with Gasteiger partial charge in [0, 0.05) is 16.5 Å². The predicted octanol–water partition coefficient (Wildman–Crippen LogP) is 6.81. The summed E-state index contributed by atoms with van der Waals surface area (Å²) in [7, 11) is 0. The summed E-state index contributed by atoms with van der Waals surface area (Å²) in [6.07, 6.45) is 0. The van der Waals surface area contributed by atoms with E-state index < -0.39 is 0 Å². The Labute approximate surface area is 174 Å². The second-order valence-corrected chi connectivity index (χ2v) is 7.29. The molecular weight excluding hydrogens is 411 g/mol. The van der Waals surface area contributed by atoms with Crippen molar-refractivity contribution in [2.24, 2.45) is 0 Å². The van der Waals surface area contributed by atoms with E-state index in [1.165, 1.54) is 23.5 Å². The minimum absolute atomic E-state index is 0.0107. The standard InChI is InChI=1S/C22H12ClFN2O2S/c23-17-4-2-1-3-15(17)19-9-10-20(28-19)21(27)16(11-25)22-26-18(12-29-22)13-5-7-14(24)8-6-13/h1-10,12,27H. The first kappa shape index (κ1) is 18.9. The number of benzene rings is 2. The Kier molecular flexibility index (Phi) is 5.17. The fourth-order valence-electron chi connectivity index (χ4n) is 2.74.